The molecule has 0 fully saturated rings. The summed E-state index contributed by atoms with van der Waals surface area (Å²) in [7, 11) is 2.07. The smallest absolute Gasteiger partial charge is 0.387 e. The van der Waals surface area contributed by atoms with Crippen LogP contribution in [0.1, 0.15) is 12.8 Å². The molecular weight excluding hydrogens is 494 g/mol. The normalized spacial score (nSPS) is 11.9. The number of nitrogens with two attached hydrogens (primary N) is 2. The fourth-order valence-electron chi connectivity index (χ4n) is 1.56. The van der Waals surface area contributed by atoms with Crippen molar-refractivity contribution in [3.8, 4) is 0 Å². The molecule has 0 aliphatic rings. The Morgan fingerprint density at radius 3 is 1.63 bits per heavy atom. The molecule has 0 saturated heterocycles. The van der Waals surface area contributed by atoms with Gasteiger partial charge in [-0.15, -0.1) is 48.0 Å². The molecule has 0 saturated carbocycles. The van der Waals surface area contributed by atoms with E-state index in [1.54, 1.807) is 21.3 Å². The van der Waals surface area contributed by atoms with E-state index >= 15 is 0 Å². The van der Waals surface area contributed by atoms with Crippen LogP contribution in [0.25, 0.3) is 0 Å². The summed E-state index contributed by atoms with van der Waals surface area (Å²) in [4.78, 5) is 0. The highest BCUT2D eigenvalue weighted by Crippen LogP contribution is 2.18. The van der Waals surface area contributed by atoms with Gasteiger partial charge in [-0.3, -0.25) is 10.8 Å². The van der Waals surface area contributed by atoms with Gasteiger partial charge in [0.15, 0.2) is 0 Å². The topological polar surface area (TPSA) is 127 Å². The molecule has 0 unspecified atom stereocenters. The summed E-state index contributed by atoms with van der Waals surface area (Å²) in [6.45, 7) is 0. The number of nitrogens with one attached hydrogen (secondary N) is 2. The molecule has 0 heterocycles. The van der Waals surface area contributed by atoms with Gasteiger partial charge in [0.1, 0.15) is 11.7 Å². The average Bonchev–Trinajstić information content (AvgIpc) is 2.29. The van der Waals surface area contributed by atoms with Crippen LogP contribution in [0.3, 0.4) is 0 Å². The molecule has 0 aliphatic carbocycles. The third kappa shape index (κ3) is 8.39. The fraction of sp³-hybridized carbons (Fsp3) is 0.778. The first-order valence-corrected chi connectivity index (χ1v) is 7.19. The Kier molecular flexibility index (Phi) is 15.8. The van der Waals surface area contributed by atoms with E-state index in [1.165, 1.54) is 0 Å². The van der Waals surface area contributed by atoms with Gasteiger partial charge in [0.25, 0.3) is 0 Å². The molecular formula is C9H24I2N4O3Si. The van der Waals surface area contributed by atoms with E-state index in [1.807, 2.05) is 0 Å². The average molecular weight is 518 g/mol. The Bertz CT molecular complexity index is 258. The maximum absolute atomic E-state index is 7.33. The van der Waals surface area contributed by atoms with Gasteiger partial charge in [-0.25, -0.2) is 0 Å². The minimum Gasteiger partial charge on any atom is -0.387 e. The lowest BCUT2D eigenvalue weighted by Crippen LogP contribution is -2.43. The molecule has 0 aromatic rings. The second-order valence-corrected chi connectivity index (χ2v) is 6.74. The molecule has 0 radical (unpaired) electrons. The molecule has 19 heavy (non-hydrogen) atoms. The van der Waals surface area contributed by atoms with Crippen molar-refractivity contribution in [3.63, 3.8) is 0 Å². The summed E-state index contributed by atoms with van der Waals surface area (Å²) in [5, 5.41) is 14.7. The third-order valence-corrected chi connectivity index (χ3v) is 5.49. The van der Waals surface area contributed by atoms with Crippen molar-refractivity contribution < 1.29 is 13.3 Å². The van der Waals surface area contributed by atoms with Crippen LogP contribution in [0.4, 0.5) is 0 Å². The van der Waals surface area contributed by atoms with Crippen molar-refractivity contribution in [2.45, 2.75) is 18.9 Å². The second-order valence-electron chi connectivity index (χ2n) is 3.65. The lowest BCUT2D eigenvalue weighted by atomic mass is 10.0. The number of rotatable bonds is 9. The van der Waals surface area contributed by atoms with Crippen LogP contribution >= 0.6 is 48.0 Å². The standard InChI is InChI=1S/C9H22N4O3Si.2HI/c1-14-17(15-2,16-3)6-4-5-7(8(10)11)9(12)13;;/h7H,4-6H2,1-3H3,(H3,10,11)(H3,12,13);2*1H. The van der Waals surface area contributed by atoms with Gasteiger partial charge in [-0.2, -0.15) is 0 Å². The van der Waals surface area contributed by atoms with Crippen molar-refractivity contribution in [2.75, 3.05) is 21.3 Å². The first-order chi connectivity index (χ1) is 7.92. The zero-order chi connectivity index (χ0) is 13.5. The van der Waals surface area contributed by atoms with E-state index in [0.29, 0.717) is 18.9 Å². The van der Waals surface area contributed by atoms with Gasteiger partial charge >= 0.3 is 8.80 Å². The summed E-state index contributed by atoms with van der Waals surface area (Å²) in [6.07, 6.45) is 1.20. The van der Waals surface area contributed by atoms with Crippen LogP contribution in [0, 0.1) is 16.7 Å². The van der Waals surface area contributed by atoms with Gasteiger partial charge in [0, 0.05) is 27.4 Å². The van der Waals surface area contributed by atoms with Crippen molar-refractivity contribution in [2.24, 2.45) is 17.4 Å². The Morgan fingerprint density at radius 2 is 1.37 bits per heavy atom. The highest BCUT2D eigenvalue weighted by atomic mass is 127. The third-order valence-electron chi connectivity index (χ3n) is 2.66. The Balaban J connectivity index is -0.00000128. The zero-order valence-corrected chi connectivity index (χ0v) is 17.1. The Morgan fingerprint density at radius 1 is 1.00 bits per heavy atom. The maximum Gasteiger partial charge on any atom is 0.500 e. The number of hydrogen-bond acceptors (Lipinski definition) is 5. The largest absolute Gasteiger partial charge is 0.500 e. The zero-order valence-electron chi connectivity index (χ0n) is 11.4. The van der Waals surface area contributed by atoms with Crippen LogP contribution in [-0.4, -0.2) is 41.8 Å². The van der Waals surface area contributed by atoms with Gasteiger partial charge in [0.2, 0.25) is 0 Å². The first kappa shape index (κ1) is 24.5. The van der Waals surface area contributed by atoms with E-state index in [2.05, 4.69) is 0 Å². The quantitative estimate of drug-likeness (QED) is 0.159. The molecule has 0 rings (SSSR count). The molecule has 0 aromatic heterocycles. The van der Waals surface area contributed by atoms with E-state index in [4.69, 9.17) is 35.6 Å². The molecule has 6 N–H and O–H groups in total. The van der Waals surface area contributed by atoms with Gasteiger partial charge in [0.05, 0.1) is 5.92 Å². The van der Waals surface area contributed by atoms with Crippen molar-refractivity contribution in [1.82, 2.24) is 0 Å². The SMILES string of the molecule is CO[Si](CCCC(C(=N)N)C(=N)N)(OC)OC.I.I. The molecule has 0 spiro atoms. The molecule has 0 bridgehead atoms. The molecule has 0 atom stereocenters. The highest BCUT2D eigenvalue weighted by molar-refractivity contribution is 14.0. The van der Waals surface area contributed by atoms with Crippen LogP contribution in [0.15, 0.2) is 0 Å². The summed E-state index contributed by atoms with van der Waals surface area (Å²) >= 11 is 0. The number of amidine groups is 2. The molecule has 0 amide bonds. The lowest BCUT2D eigenvalue weighted by Gasteiger charge is -2.24. The summed E-state index contributed by atoms with van der Waals surface area (Å²) < 4.78 is 15.8. The number of halogens is 2. The van der Waals surface area contributed by atoms with Crippen LogP contribution in [0.5, 0.6) is 0 Å². The van der Waals surface area contributed by atoms with Gasteiger partial charge in [-0.1, -0.05) is 0 Å². The summed E-state index contributed by atoms with van der Waals surface area (Å²) in [5.74, 6) is -0.679. The minimum atomic E-state index is -2.58. The van der Waals surface area contributed by atoms with E-state index in [9.17, 15) is 0 Å². The predicted molar refractivity (Wildman–Crippen MR) is 99.0 cm³/mol. The monoisotopic (exact) mass is 518 g/mol. The summed E-state index contributed by atoms with van der Waals surface area (Å²) in [5.41, 5.74) is 10.7. The van der Waals surface area contributed by atoms with Crippen molar-refractivity contribution in [1.29, 1.82) is 10.8 Å². The molecule has 0 aromatic carbocycles. The lowest BCUT2D eigenvalue weighted by molar-refractivity contribution is 0.122. The van der Waals surface area contributed by atoms with Crippen LogP contribution < -0.4 is 11.5 Å². The minimum absolute atomic E-state index is 0. The molecule has 7 nitrogen and oxygen atoms in total. The van der Waals surface area contributed by atoms with E-state index < -0.39 is 14.7 Å². The molecule has 10 heteroatoms. The Labute approximate surface area is 149 Å². The Hall–Kier alpha value is 0.497. The summed E-state index contributed by atoms with van der Waals surface area (Å²) in [6, 6.07) is 0.605. The number of hydrogen-bond donors (Lipinski definition) is 4. The van der Waals surface area contributed by atoms with Crippen LogP contribution in [-0.2, 0) is 13.3 Å². The second kappa shape index (κ2) is 12.3. The predicted octanol–water partition coefficient (Wildman–Crippen LogP) is 1.37. The van der Waals surface area contributed by atoms with Gasteiger partial charge < -0.3 is 24.7 Å². The molecule has 116 valence electrons. The molecule has 0 aliphatic heterocycles. The van der Waals surface area contributed by atoms with E-state index in [-0.39, 0.29) is 59.6 Å². The fourth-order valence-corrected chi connectivity index (χ4v) is 3.31. The van der Waals surface area contributed by atoms with Gasteiger partial charge in [-0.05, 0) is 12.8 Å². The highest BCUT2D eigenvalue weighted by Gasteiger charge is 2.37. The van der Waals surface area contributed by atoms with Crippen LogP contribution in [0.2, 0.25) is 6.04 Å². The maximum atomic E-state index is 7.33. The van der Waals surface area contributed by atoms with E-state index in [0.717, 1.165) is 0 Å². The van der Waals surface area contributed by atoms with Crippen molar-refractivity contribution in [3.05, 3.63) is 0 Å². The first-order valence-electron chi connectivity index (χ1n) is 5.25. The van der Waals surface area contributed by atoms with Crippen molar-refractivity contribution >= 4 is 68.4 Å².